The Hall–Kier alpha value is -2.71. The van der Waals surface area contributed by atoms with Crippen molar-refractivity contribution in [1.29, 1.82) is 0 Å². The van der Waals surface area contributed by atoms with Crippen molar-refractivity contribution in [3.8, 4) is 5.75 Å². The molecular weight excluding hydrogens is 356 g/mol. The lowest BCUT2D eigenvalue weighted by Gasteiger charge is -2.18. The molecule has 0 saturated heterocycles. The molecule has 0 saturated carbocycles. The molecule has 0 aliphatic rings. The van der Waals surface area contributed by atoms with Gasteiger partial charge in [-0.2, -0.15) is 4.31 Å². The Morgan fingerprint density at radius 3 is 2.46 bits per heavy atom. The van der Waals surface area contributed by atoms with Crippen LogP contribution in [0.3, 0.4) is 0 Å². The van der Waals surface area contributed by atoms with E-state index >= 15 is 0 Å². The number of nitro benzene ring substituents is 1. The third-order valence-corrected chi connectivity index (χ3v) is 5.71. The predicted octanol–water partition coefficient (Wildman–Crippen LogP) is 3.29. The average molecular weight is 376 g/mol. The highest BCUT2D eigenvalue weighted by Crippen LogP contribution is 2.25. The van der Waals surface area contributed by atoms with Crippen LogP contribution in [-0.2, 0) is 16.6 Å². The molecule has 0 amide bonds. The van der Waals surface area contributed by atoms with E-state index < -0.39 is 14.9 Å². The topological polar surface area (TPSA) is 89.8 Å². The number of rotatable bonds is 8. The SMILES string of the molecule is C=CCOc1ccc(CN(C)S(=O)(=O)c2cc([N+](=O)[O-])ccc2C)cc1. The fourth-order valence-corrected chi connectivity index (χ4v) is 3.74. The number of nitrogens with zero attached hydrogens (tertiary/aromatic N) is 2. The molecule has 0 unspecified atom stereocenters. The lowest BCUT2D eigenvalue weighted by atomic mass is 10.2. The second kappa shape index (κ2) is 8.11. The van der Waals surface area contributed by atoms with Gasteiger partial charge in [0.1, 0.15) is 12.4 Å². The van der Waals surface area contributed by atoms with E-state index in [1.807, 2.05) is 0 Å². The van der Waals surface area contributed by atoms with Crippen molar-refractivity contribution in [3.05, 3.63) is 76.4 Å². The van der Waals surface area contributed by atoms with Crippen LogP contribution in [0.5, 0.6) is 5.75 Å². The molecule has 0 N–H and O–H groups in total. The Kier molecular flexibility index (Phi) is 6.12. The monoisotopic (exact) mass is 376 g/mol. The number of ether oxygens (including phenoxy) is 1. The summed E-state index contributed by atoms with van der Waals surface area (Å²) in [6.45, 7) is 5.70. The highest BCUT2D eigenvalue weighted by atomic mass is 32.2. The molecule has 26 heavy (non-hydrogen) atoms. The largest absolute Gasteiger partial charge is 0.490 e. The number of hydrogen-bond acceptors (Lipinski definition) is 5. The van der Waals surface area contributed by atoms with Gasteiger partial charge in [-0.3, -0.25) is 10.1 Å². The zero-order valence-corrected chi connectivity index (χ0v) is 15.4. The smallest absolute Gasteiger partial charge is 0.270 e. The second-order valence-corrected chi connectivity index (χ2v) is 7.72. The number of nitro groups is 1. The van der Waals surface area contributed by atoms with E-state index in [1.54, 1.807) is 37.3 Å². The minimum atomic E-state index is -3.86. The summed E-state index contributed by atoms with van der Waals surface area (Å²) in [5.41, 5.74) is 0.965. The van der Waals surface area contributed by atoms with Crippen LogP contribution < -0.4 is 4.74 Å². The molecule has 7 nitrogen and oxygen atoms in total. The first kappa shape index (κ1) is 19.6. The maximum absolute atomic E-state index is 12.8. The Morgan fingerprint density at radius 2 is 1.88 bits per heavy atom. The Bertz CT molecular complexity index is 908. The lowest BCUT2D eigenvalue weighted by Crippen LogP contribution is -2.27. The number of hydrogen-bond donors (Lipinski definition) is 0. The van der Waals surface area contributed by atoms with Crippen LogP contribution in [0.1, 0.15) is 11.1 Å². The van der Waals surface area contributed by atoms with Gasteiger partial charge < -0.3 is 4.74 Å². The molecule has 0 radical (unpaired) electrons. The third-order valence-electron chi connectivity index (χ3n) is 3.77. The molecule has 2 rings (SSSR count). The lowest BCUT2D eigenvalue weighted by molar-refractivity contribution is -0.385. The molecule has 0 heterocycles. The van der Waals surface area contributed by atoms with E-state index in [1.165, 1.54) is 23.5 Å². The average Bonchev–Trinajstić information content (AvgIpc) is 2.61. The molecule has 0 spiro atoms. The van der Waals surface area contributed by atoms with Crippen molar-refractivity contribution in [2.75, 3.05) is 13.7 Å². The first-order valence-corrected chi connectivity index (χ1v) is 9.23. The Morgan fingerprint density at radius 1 is 1.23 bits per heavy atom. The van der Waals surface area contributed by atoms with E-state index in [2.05, 4.69) is 6.58 Å². The molecule has 0 fully saturated rings. The van der Waals surface area contributed by atoms with Crippen molar-refractivity contribution < 1.29 is 18.1 Å². The normalized spacial score (nSPS) is 11.3. The quantitative estimate of drug-likeness (QED) is 0.401. The van der Waals surface area contributed by atoms with E-state index in [0.29, 0.717) is 17.9 Å². The fraction of sp³-hybridized carbons (Fsp3) is 0.222. The van der Waals surface area contributed by atoms with Crippen molar-refractivity contribution in [1.82, 2.24) is 4.31 Å². The maximum Gasteiger partial charge on any atom is 0.270 e. The molecule has 0 aromatic heterocycles. The first-order chi connectivity index (χ1) is 12.3. The summed E-state index contributed by atoms with van der Waals surface area (Å²) in [4.78, 5) is 10.3. The molecule has 2 aromatic carbocycles. The van der Waals surface area contributed by atoms with Gasteiger partial charge in [0.15, 0.2) is 0 Å². The summed E-state index contributed by atoms with van der Waals surface area (Å²) in [5.74, 6) is 0.661. The second-order valence-electron chi connectivity index (χ2n) is 5.71. The van der Waals surface area contributed by atoms with E-state index in [-0.39, 0.29) is 17.1 Å². The van der Waals surface area contributed by atoms with Gasteiger partial charge in [-0.05, 0) is 30.2 Å². The van der Waals surface area contributed by atoms with Crippen LogP contribution in [0.25, 0.3) is 0 Å². The van der Waals surface area contributed by atoms with E-state index in [0.717, 1.165) is 11.6 Å². The molecule has 0 aliphatic heterocycles. The summed E-state index contributed by atoms with van der Waals surface area (Å²) in [7, 11) is -2.42. The van der Waals surface area contributed by atoms with E-state index in [9.17, 15) is 18.5 Å². The first-order valence-electron chi connectivity index (χ1n) is 7.79. The predicted molar refractivity (Wildman–Crippen MR) is 98.6 cm³/mol. The molecule has 8 heteroatoms. The van der Waals surface area contributed by atoms with Crippen LogP contribution in [0.4, 0.5) is 5.69 Å². The number of non-ortho nitro benzene ring substituents is 1. The molecule has 138 valence electrons. The molecule has 0 bridgehead atoms. The molecular formula is C18H20N2O5S. The van der Waals surface area contributed by atoms with Gasteiger partial charge in [0.05, 0.1) is 9.82 Å². The fourth-order valence-electron chi connectivity index (χ4n) is 2.34. The van der Waals surface area contributed by atoms with Crippen molar-refractivity contribution in [2.24, 2.45) is 0 Å². The molecule has 0 atom stereocenters. The van der Waals surface area contributed by atoms with Crippen LogP contribution in [0, 0.1) is 17.0 Å². The van der Waals surface area contributed by atoms with Gasteiger partial charge in [-0.25, -0.2) is 8.42 Å². The summed E-state index contributed by atoms with van der Waals surface area (Å²) in [5, 5.41) is 10.9. The van der Waals surface area contributed by atoms with Gasteiger partial charge in [0.25, 0.3) is 5.69 Å². The van der Waals surface area contributed by atoms with Gasteiger partial charge in [-0.15, -0.1) is 0 Å². The highest BCUT2D eigenvalue weighted by molar-refractivity contribution is 7.89. The minimum Gasteiger partial charge on any atom is -0.490 e. The maximum atomic E-state index is 12.8. The summed E-state index contributed by atoms with van der Waals surface area (Å²) < 4.78 is 32.2. The van der Waals surface area contributed by atoms with Crippen LogP contribution >= 0.6 is 0 Å². The van der Waals surface area contributed by atoms with Crippen molar-refractivity contribution in [3.63, 3.8) is 0 Å². The van der Waals surface area contributed by atoms with Gasteiger partial charge in [-0.1, -0.05) is 30.9 Å². The number of benzene rings is 2. The Balaban J connectivity index is 2.22. The van der Waals surface area contributed by atoms with E-state index in [4.69, 9.17) is 4.74 Å². The van der Waals surface area contributed by atoms with Crippen molar-refractivity contribution in [2.45, 2.75) is 18.4 Å². The van der Waals surface area contributed by atoms with Crippen LogP contribution in [0.15, 0.2) is 60.0 Å². The number of sulfonamides is 1. The van der Waals surface area contributed by atoms with Gasteiger partial charge >= 0.3 is 0 Å². The Labute approximate surface area is 152 Å². The summed E-state index contributed by atoms with van der Waals surface area (Å²) in [6.07, 6.45) is 1.63. The van der Waals surface area contributed by atoms with Crippen LogP contribution in [-0.4, -0.2) is 31.3 Å². The molecule has 2 aromatic rings. The molecule has 0 aliphatic carbocycles. The zero-order chi connectivity index (χ0) is 19.3. The highest BCUT2D eigenvalue weighted by Gasteiger charge is 2.25. The summed E-state index contributed by atoms with van der Waals surface area (Å²) >= 11 is 0. The van der Waals surface area contributed by atoms with Gasteiger partial charge in [0, 0.05) is 25.7 Å². The number of aryl methyl sites for hydroxylation is 1. The standard InChI is InChI=1S/C18H20N2O5S/c1-4-11-25-17-9-6-15(7-10-17)13-19(3)26(23,24)18-12-16(20(21)22)8-5-14(18)2/h4-10,12H,1,11,13H2,2-3H3. The third kappa shape index (κ3) is 4.47. The van der Waals surface area contributed by atoms with Gasteiger partial charge in [0.2, 0.25) is 10.0 Å². The van der Waals surface area contributed by atoms with Crippen molar-refractivity contribution >= 4 is 15.7 Å². The zero-order valence-electron chi connectivity index (χ0n) is 14.6. The van der Waals surface area contributed by atoms with Crippen LogP contribution in [0.2, 0.25) is 0 Å². The minimum absolute atomic E-state index is 0.0693. The summed E-state index contributed by atoms with van der Waals surface area (Å²) in [6, 6.07) is 10.8.